The van der Waals surface area contributed by atoms with Crippen molar-refractivity contribution in [3.8, 4) is 0 Å². The van der Waals surface area contributed by atoms with Gasteiger partial charge in [0.1, 0.15) is 5.54 Å². The lowest BCUT2D eigenvalue weighted by Gasteiger charge is -2.29. The van der Waals surface area contributed by atoms with E-state index in [1.54, 1.807) is 0 Å². The molecule has 0 radical (unpaired) electrons. The maximum absolute atomic E-state index is 12.0. The van der Waals surface area contributed by atoms with Gasteiger partial charge in [-0.1, -0.05) is 41.9 Å². The highest BCUT2D eigenvalue weighted by atomic mass is 79.9. The molecule has 0 aliphatic heterocycles. The van der Waals surface area contributed by atoms with E-state index in [9.17, 15) is 4.79 Å². The number of rotatable bonds is 6. The maximum Gasteiger partial charge on any atom is 0.326 e. The molecule has 1 N–H and O–H groups in total. The number of hydrogen-bond donors (Lipinski definition) is 1. The van der Waals surface area contributed by atoms with Crippen LogP contribution in [0.5, 0.6) is 0 Å². The van der Waals surface area contributed by atoms with Crippen LogP contribution >= 0.6 is 15.9 Å². The van der Waals surface area contributed by atoms with Gasteiger partial charge in [0.2, 0.25) is 0 Å². The Hall–Kier alpha value is -0.870. The highest BCUT2D eigenvalue weighted by Crippen LogP contribution is 2.18. The van der Waals surface area contributed by atoms with Crippen molar-refractivity contribution in [2.24, 2.45) is 5.92 Å². The number of ether oxygens (including phenoxy) is 1. The highest BCUT2D eigenvalue weighted by Gasteiger charge is 2.34. The molecule has 4 heteroatoms. The van der Waals surface area contributed by atoms with Gasteiger partial charge in [-0.25, -0.2) is 0 Å². The fourth-order valence-corrected chi connectivity index (χ4v) is 2.14. The monoisotopic (exact) mass is 327 g/mol. The van der Waals surface area contributed by atoms with Gasteiger partial charge < -0.3 is 10.1 Å². The standard InChI is InChI=1S/C15H22BrNO2/c1-11(2)10-17-15(3,14(18)19-4)9-12-5-7-13(16)8-6-12/h5-8,11,17H,9-10H2,1-4H3. The van der Waals surface area contributed by atoms with Crippen LogP contribution in [0.1, 0.15) is 26.3 Å². The van der Waals surface area contributed by atoms with Gasteiger partial charge in [0, 0.05) is 10.9 Å². The molecule has 1 rings (SSSR count). The number of nitrogens with one attached hydrogen (secondary N) is 1. The largest absolute Gasteiger partial charge is 0.468 e. The molecule has 1 aromatic rings. The maximum atomic E-state index is 12.0. The van der Waals surface area contributed by atoms with E-state index in [2.05, 4.69) is 35.1 Å². The second-order valence-corrected chi connectivity index (χ2v) is 6.32. The van der Waals surface area contributed by atoms with Crippen LogP contribution in [0.25, 0.3) is 0 Å². The number of methoxy groups -OCH3 is 1. The van der Waals surface area contributed by atoms with Gasteiger partial charge in [0.15, 0.2) is 0 Å². The van der Waals surface area contributed by atoms with E-state index >= 15 is 0 Å². The third kappa shape index (κ3) is 4.96. The molecule has 106 valence electrons. The third-order valence-corrected chi connectivity index (χ3v) is 3.54. The average molecular weight is 328 g/mol. The van der Waals surface area contributed by atoms with Crippen molar-refractivity contribution >= 4 is 21.9 Å². The molecule has 1 aromatic carbocycles. The lowest BCUT2D eigenvalue weighted by molar-refractivity contribution is -0.148. The minimum absolute atomic E-state index is 0.226. The molecule has 0 fully saturated rings. The molecule has 0 amide bonds. The van der Waals surface area contributed by atoms with Gasteiger partial charge in [-0.2, -0.15) is 0 Å². The van der Waals surface area contributed by atoms with Gasteiger partial charge in [-0.15, -0.1) is 0 Å². The predicted octanol–water partition coefficient (Wildman–Crippen LogP) is 3.17. The predicted molar refractivity (Wildman–Crippen MR) is 81.1 cm³/mol. The summed E-state index contributed by atoms with van der Waals surface area (Å²) in [5, 5.41) is 3.32. The Morgan fingerprint density at radius 1 is 1.37 bits per heavy atom. The summed E-state index contributed by atoms with van der Waals surface area (Å²) in [6, 6.07) is 8.00. The average Bonchev–Trinajstić information content (AvgIpc) is 2.38. The van der Waals surface area contributed by atoms with Crippen molar-refractivity contribution in [3.63, 3.8) is 0 Å². The summed E-state index contributed by atoms with van der Waals surface area (Å²) in [5.41, 5.74) is 0.416. The van der Waals surface area contributed by atoms with Crippen LogP contribution in [-0.2, 0) is 16.0 Å². The molecule has 3 nitrogen and oxygen atoms in total. The van der Waals surface area contributed by atoms with Crippen molar-refractivity contribution in [2.45, 2.75) is 32.7 Å². The van der Waals surface area contributed by atoms with Crippen molar-refractivity contribution in [3.05, 3.63) is 34.3 Å². The molecule has 1 unspecified atom stereocenters. The lowest BCUT2D eigenvalue weighted by atomic mass is 9.92. The Kier molecular flexibility index (Phi) is 6.01. The summed E-state index contributed by atoms with van der Waals surface area (Å²) in [4.78, 5) is 12.0. The zero-order valence-electron chi connectivity index (χ0n) is 12.0. The molecule has 0 saturated heterocycles. The van der Waals surface area contributed by atoms with Crippen LogP contribution < -0.4 is 5.32 Å². The number of carbonyl (C=O) groups is 1. The first-order valence-corrected chi connectivity index (χ1v) is 7.24. The molecular weight excluding hydrogens is 306 g/mol. The van der Waals surface area contributed by atoms with E-state index in [1.165, 1.54) is 7.11 Å². The van der Waals surface area contributed by atoms with Crippen molar-refractivity contribution in [1.29, 1.82) is 0 Å². The van der Waals surface area contributed by atoms with Gasteiger partial charge in [0.25, 0.3) is 0 Å². The Morgan fingerprint density at radius 2 is 1.95 bits per heavy atom. The fourth-order valence-electron chi connectivity index (χ4n) is 1.87. The SMILES string of the molecule is COC(=O)C(C)(Cc1ccc(Br)cc1)NCC(C)C. The summed E-state index contributed by atoms with van der Waals surface area (Å²) < 4.78 is 5.97. The number of carbonyl (C=O) groups excluding carboxylic acids is 1. The summed E-state index contributed by atoms with van der Waals surface area (Å²) >= 11 is 3.41. The minimum Gasteiger partial charge on any atom is -0.468 e. The molecule has 0 saturated carbocycles. The summed E-state index contributed by atoms with van der Waals surface area (Å²) in [5.74, 6) is 0.255. The van der Waals surface area contributed by atoms with Gasteiger partial charge in [-0.3, -0.25) is 4.79 Å². The Labute approximate surface area is 123 Å². The van der Waals surface area contributed by atoms with Crippen molar-refractivity contribution < 1.29 is 9.53 Å². The molecule has 0 heterocycles. The van der Waals surface area contributed by atoms with Crippen LogP contribution in [-0.4, -0.2) is 25.2 Å². The Morgan fingerprint density at radius 3 is 2.42 bits per heavy atom. The molecule has 0 aliphatic rings. The first kappa shape index (κ1) is 16.2. The van der Waals surface area contributed by atoms with Crippen LogP contribution in [0, 0.1) is 5.92 Å². The van der Waals surface area contributed by atoms with Crippen LogP contribution in [0.3, 0.4) is 0 Å². The molecule has 0 bridgehead atoms. The smallest absolute Gasteiger partial charge is 0.326 e. The minimum atomic E-state index is -0.688. The number of benzene rings is 1. The summed E-state index contributed by atoms with van der Waals surface area (Å²) in [6.45, 7) is 6.90. The zero-order valence-corrected chi connectivity index (χ0v) is 13.6. The summed E-state index contributed by atoms with van der Waals surface area (Å²) in [7, 11) is 1.43. The van der Waals surface area contributed by atoms with Gasteiger partial charge in [-0.05, 0) is 37.1 Å². The molecular formula is C15H22BrNO2. The van der Waals surface area contributed by atoms with E-state index in [0.717, 1.165) is 16.6 Å². The van der Waals surface area contributed by atoms with Gasteiger partial charge >= 0.3 is 5.97 Å². The second-order valence-electron chi connectivity index (χ2n) is 5.40. The topological polar surface area (TPSA) is 38.3 Å². The molecule has 0 aromatic heterocycles. The van der Waals surface area contributed by atoms with Crippen molar-refractivity contribution in [1.82, 2.24) is 5.32 Å². The van der Waals surface area contributed by atoms with E-state index in [0.29, 0.717) is 12.3 Å². The quantitative estimate of drug-likeness (QED) is 0.815. The molecule has 1 atom stereocenters. The Bertz CT molecular complexity index is 417. The van der Waals surface area contributed by atoms with E-state index in [4.69, 9.17) is 4.74 Å². The third-order valence-electron chi connectivity index (χ3n) is 3.01. The second kappa shape index (κ2) is 7.06. The molecule has 19 heavy (non-hydrogen) atoms. The van der Waals surface area contributed by atoms with E-state index in [1.807, 2.05) is 31.2 Å². The zero-order chi connectivity index (χ0) is 14.5. The highest BCUT2D eigenvalue weighted by molar-refractivity contribution is 9.10. The first-order valence-electron chi connectivity index (χ1n) is 6.45. The Balaban J connectivity index is 2.84. The first-order chi connectivity index (χ1) is 8.87. The van der Waals surface area contributed by atoms with E-state index < -0.39 is 5.54 Å². The lowest BCUT2D eigenvalue weighted by Crippen LogP contribution is -2.53. The number of esters is 1. The molecule has 0 spiro atoms. The van der Waals surface area contributed by atoms with Crippen molar-refractivity contribution in [2.75, 3.05) is 13.7 Å². The van der Waals surface area contributed by atoms with Crippen LogP contribution in [0.2, 0.25) is 0 Å². The van der Waals surface area contributed by atoms with Gasteiger partial charge in [0.05, 0.1) is 7.11 Å². The van der Waals surface area contributed by atoms with Crippen LogP contribution in [0.4, 0.5) is 0 Å². The molecule has 0 aliphatic carbocycles. The van der Waals surface area contributed by atoms with Crippen LogP contribution in [0.15, 0.2) is 28.7 Å². The normalized spacial score (nSPS) is 14.2. The van der Waals surface area contributed by atoms with E-state index in [-0.39, 0.29) is 5.97 Å². The summed E-state index contributed by atoms with van der Waals surface area (Å²) in [6.07, 6.45) is 0.611. The number of hydrogen-bond acceptors (Lipinski definition) is 3. The fraction of sp³-hybridized carbons (Fsp3) is 0.533. The number of halogens is 1.